The molecule has 0 aromatic rings. The molecular weight excluding hydrogens is 150 g/mol. The lowest BCUT2D eigenvalue weighted by molar-refractivity contribution is 0.658. The van der Waals surface area contributed by atoms with E-state index in [1.807, 2.05) is 13.8 Å². The molecule has 0 bridgehead atoms. The van der Waals surface area contributed by atoms with Crippen molar-refractivity contribution in [3.8, 4) is 0 Å². The van der Waals surface area contributed by atoms with Crippen molar-refractivity contribution < 1.29 is 0 Å². The fourth-order valence-electron chi connectivity index (χ4n) is 0.696. The Kier molecular flexibility index (Phi) is 5.00. The molecule has 0 heterocycles. The molecule has 0 rings (SSSR count). The number of aliphatic imine (C=N–C) groups is 1. The van der Waals surface area contributed by atoms with Gasteiger partial charge in [0.2, 0.25) is 0 Å². The van der Waals surface area contributed by atoms with Crippen LogP contribution in [0.25, 0.3) is 0 Å². The summed E-state index contributed by atoms with van der Waals surface area (Å²) in [4.78, 5) is 4.08. The summed E-state index contributed by atoms with van der Waals surface area (Å²) in [7, 11) is 0. The van der Waals surface area contributed by atoms with Gasteiger partial charge in [-0.05, 0) is 33.3 Å². The Balaban J connectivity index is 4.36. The second-order valence-electron chi connectivity index (χ2n) is 3.09. The lowest BCUT2D eigenvalue weighted by Gasteiger charge is -2.11. The van der Waals surface area contributed by atoms with E-state index in [0.717, 1.165) is 11.4 Å². The van der Waals surface area contributed by atoms with Crippen molar-refractivity contribution in [3.63, 3.8) is 0 Å². The third kappa shape index (κ3) is 4.66. The lowest BCUT2D eigenvalue weighted by Crippen LogP contribution is -2.21. The molecule has 0 unspecified atom stereocenters. The van der Waals surface area contributed by atoms with Gasteiger partial charge in [-0.2, -0.15) is 0 Å². The molecule has 12 heavy (non-hydrogen) atoms. The van der Waals surface area contributed by atoms with Gasteiger partial charge in [-0.15, -0.1) is 0 Å². The highest BCUT2D eigenvalue weighted by molar-refractivity contribution is 6.14. The quantitative estimate of drug-likeness (QED) is 0.618. The number of hydrogen-bond donors (Lipinski definition) is 2. The van der Waals surface area contributed by atoms with Gasteiger partial charge < -0.3 is 10.7 Å². The van der Waals surface area contributed by atoms with Gasteiger partial charge in [-0.25, -0.2) is 4.99 Å². The molecule has 0 atom stereocenters. The van der Waals surface area contributed by atoms with Gasteiger partial charge in [0, 0.05) is 18.5 Å². The van der Waals surface area contributed by atoms with E-state index in [0.29, 0.717) is 6.04 Å². The smallest absolute Gasteiger partial charge is 0.124 e. The second kappa shape index (κ2) is 5.52. The van der Waals surface area contributed by atoms with Crippen molar-refractivity contribution >= 4 is 12.4 Å². The topological polar surface area (TPSA) is 48.2 Å². The molecule has 68 valence electrons. The van der Waals surface area contributed by atoms with Crippen molar-refractivity contribution in [1.29, 1.82) is 5.41 Å². The summed E-state index contributed by atoms with van der Waals surface area (Å²) in [5, 5.41) is 9.99. The van der Waals surface area contributed by atoms with Crippen LogP contribution in [0.1, 0.15) is 27.7 Å². The van der Waals surface area contributed by atoms with Gasteiger partial charge in [0.25, 0.3) is 0 Å². The first kappa shape index (κ1) is 10.9. The summed E-state index contributed by atoms with van der Waals surface area (Å²) in [5.74, 6) is 0.855. The van der Waals surface area contributed by atoms with Crippen LogP contribution in [0, 0.1) is 5.41 Å². The molecule has 2 N–H and O–H groups in total. The Morgan fingerprint density at radius 3 is 2.33 bits per heavy atom. The van der Waals surface area contributed by atoms with Crippen LogP contribution in [-0.2, 0) is 0 Å². The zero-order chi connectivity index (χ0) is 9.56. The molecule has 0 aliphatic rings. The predicted molar refractivity (Wildman–Crippen MR) is 53.9 cm³/mol. The minimum atomic E-state index is 0.373. The molecule has 0 saturated carbocycles. The van der Waals surface area contributed by atoms with Crippen LogP contribution in [0.3, 0.4) is 0 Å². The first-order valence-electron chi connectivity index (χ1n) is 4.05. The molecule has 0 aromatic heterocycles. The highest BCUT2D eigenvalue weighted by Crippen LogP contribution is 2.01. The summed E-state index contributed by atoms with van der Waals surface area (Å²) in [6, 6.07) is 0.373. The Bertz CT molecular complexity index is 198. The van der Waals surface area contributed by atoms with Crippen LogP contribution in [0.15, 0.2) is 16.4 Å². The first-order valence-corrected chi connectivity index (χ1v) is 4.05. The molecule has 0 amide bonds. The number of hydrogen-bond acceptors (Lipinski definition) is 3. The van der Waals surface area contributed by atoms with E-state index < -0.39 is 0 Å². The van der Waals surface area contributed by atoms with Gasteiger partial charge in [0.05, 0.1) is 0 Å². The van der Waals surface area contributed by atoms with E-state index in [1.54, 1.807) is 0 Å². The SMILES string of the molecule is CC(C)=C(/N=C\C=N)NC(C)C. The van der Waals surface area contributed by atoms with E-state index >= 15 is 0 Å². The monoisotopic (exact) mass is 167 g/mol. The van der Waals surface area contributed by atoms with Crippen molar-refractivity contribution in [1.82, 2.24) is 5.32 Å². The van der Waals surface area contributed by atoms with E-state index in [1.165, 1.54) is 12.4 Å². The maximum absolute atomic E-state index is 6.79. The molecule has 0 aromatic carbocycles. The Morgan fingerprint density at radius 1 is 1.42 bits per heavy atom. The summed E-state index contributed by atoms with van der Waals surface area (Å²) < 4.78 is 0. The molecule has 0 spiro atoms. The van der Waals surface area contributed by atoms with Gasteiger partial charge in [0.15, 0.2) is 0 Å². The van der Waals surface area contributed by atoms with Gasteiger partial charge in [0.1, 0.15) is 5.82 Å². The standard InChI is InChI=1S/C9H17N3/c1-7(2)9(11-6-5-10)12-8(3)4/h5-6,8,10,12H,1-4H3/b10-5?,11-6-. The van der Waals surface area contributed by atoms with Crippen LogP contribution in [0.2, 0.25) is 0 Å². The number of nitrogens with one attached hydrogen (secondary N) is 2. The normalized spacial score (nSPS) is 10.4. The molecular formula is C9H17N3. The van der Waals surface area contributed by atoms with Crippen LogP contribution in [-0.4, -0.2) is 18.5 Å². The molecule has 0 aliphatic heterocycles. The van der Waals surface area contributed by atoms with Crippen LogP contribution >= 0.6 is 0 Å². The Labute approximate surface area is 74.1 Å². The van der Waals surface area contributed by atoms with E-state index in [9.17, 15) is 0 Å². The van der Waals surface area contributed by atoms with E-state index in [-0.39, 0.29) is 0 Å². The van der Waals surface area contributed by atoms with Crippen LogP contribution in [0.4, 0.5) is 0 Å². The zero-order valence-corrected chi connectivity index (χ0v) is 8.18. The van der Waals surface area contributed by atoms with Crippen molar-refractivity contribution in [2.45, 2.75) is 33.7 Å². The fourth-order valence-corrected chi connectivity index (χ4v) is 0.696. The number of nitrogens with zero attached hydrogens (tertiary/aromatic N) is 1. The largest absolute Gasteiger partial charge is 0.368 e. The predicted octanol–water partition coefficient (Wildman–Crippen LogP) is 1.96. The van der Waals surface area contributed by atoms with Gasteiger partial charge >= 0.3 is 0 Å². The molecule has 0 fully saturated rings. The fraction of sp³-hybridized carbons (Fsp3) is 0.556. The molecule has 3 heteroatoms. The lowest BCUT2D eigenvalue weighted by atomic mass is 10.3. The van der Waals surface area contributed by atoms with Crippen molar-refractivity contribution in [2.24, 2.45) is 4.99 Å². The number of rotatable bonds is 4. The molecule has 3 nitrogen and oxygen atoms in total. The van der Waals surface area contributed by atoms with Crippen molar-refractivity contribution in [2.75, 3.05) is 0 Å². The van der Waals surface area contributed by atoms with E-state index in [4.69, 9.17) is 5.41 Å². The summed E-state index contributed by atoms with van der Waals surface area (Å²) >= 11 is 0. The Morgan fingerprint density at radius 2 is 2.00 bits per heavy atom. The second-order valence-corrected chi connectivity index (χ2v) is 3.09. The molecule has 0 saturated heterocycles. The van der Waals surface area contributed by atoms with Crippen LogP contribution < -0.4 is 5.32 Å². The van der Waals surface area contributed by atoms with Gasteiger partial charge in [-0.3, -0.25) is 0 Å². The highest BCUT2D eigenvalue weighted by atomic mass is 15.0. The molecule has 0 aliphatic carbocycles. The number of allylic oxidation sites excluding steroid dienone is 1. The summed E-state index contributed by atoms with van der Waals surface area (Å²) in [6.45, 7) is 8.10. The average molecular weight is 167 g/mol. The maximum Gasteiger partial charge on any atom is 0.124 e. The third-order valence-electron chi connectivity index (χ3n) is 1.18. The summed E-state index contributed by atoms with van der Waals surface area (Å²) in [5.41, 5.74) is 1.13. The van der Waals surface area contributed by atoms with E-state index in [2.05, 4.69) is 24.2 Å². The molecule has 0 radical (unpaired) electrons. The summed E-state index contributed by atoms with van der Waals surface area (Å²) in [6.07, 6.45) is 2.64. The zero-order valence-electron chi connectivity index (χ0n) is 8.18. The Hall–Kier alpha value is -1.12. The highest BCUT2D eigenvalue weighted by Gasteiger charge is 1.97. The van der Waals surface area contributed by atoms with Gasteiger partial charge in [-0.1, -0.05) is 0 Å². The minimum absolute atomic E-state index is 0.373. The average Bonchev–Trinajstić information content (AvgIpc) is 1.96. The first-order chi connectivity index (χ1) is 5.57. The van der Waals surface area contributed by atoms with Crippen LogP contribution in [0.5, 0.6) is 0 Å². The maximum atomic E-state index is 6.79. The van der Waals surface area contributed by atoms with Crippen molar-refractivity contribution in [3.05, 3.63) is 11.4 Å². The minimum Gasteiger partial charge on any atom is -0.368 e. The third-order valence-corrected chi connectivity index (χ3v) is 1.18.